The monoisotopic (exact) mass is 442 g/mol. The zero-order valence-electron chi connectivity index (χ0n) is 14.5. The van der Waals surface area contributed by atoms with Crippen LogP contribution in [0.25, 0.3) is 0 Å². The number of amides is 1. The fraction of sp³-hybridized carbons (Fsp3) is 0.278. The van der Waals surface area contributed by atoms with Crippen molar-refractivity contribution in [1.29, 1.82) is 0 Å². The minimum atomic E-state index is -3.79. The average molecular weight is 443 g/mol. The van der Waals surface area contributed by atoms with Gasteiger partial charge in [-0.15, -0.1) is 0 Å². The van der Waals surface area contributed by atoms with E-state index in [1.807, 2.05) is 0 Å². The molecule has 0 N–H and O–H groups in total. The van der Waals surface area contributed by atoms with Gasteiger partial charge < -0.3 is 4.90 Å². The first-order chi connectivity index (χ1) is 12.3. The third-order valence-corrected chi connectivity index (χ3v) is 6.37. The molecule has 0 spiro atoms. The molecule has 0 heterocycles. The van der Waals surface area contributed by atoms with E-state index < -0.39 is 21.7 Å². The molecule has 5 nitrogen and oxygen atoms in total. The standard InChI is InChI=1S/C18H20BrFN2O3S/c1-3-22(26(24,25)16-10-8-15(19)9-11-16)13-18(23)21(2)12-14-6-4-5-7-17(14)20/h4-11H,3,12-13H2,1-2H3. The van der Waals surface area contributed by atoms with Crippen molar-refractivity contribution >= 4 is 31.9 Å². The Morgan fingerprint density at radius 2 is 1.73 bits per heavy atom. The number of hydrogen-bond acceptors (Lipinski definition) is 3. The average Bonchev–Trinajstić information content (AvgIpc) is 2.61. The molecule has 0 aliphatic carbocycles. The van der Waals surface area contributed by atoms with Crippen LogP contribution in [-0.2, 0) is 21.4 Å². The van der Waals surface area contributed by atoms with E-state index in [1.54, 1.807) is 37.3 Å². The molecule has 2 aromatic rings. The quantitative estimate of drug-likeness (QED) is 0.660. The molecule has 0 saturated heterocycles. The zero-order valence-corrected chi connectivity index (χ0v) is 16.9. The van der Waals surface area contributed by atoms with Gasteiger partial charge in [0, 0.05) is 30.2 Å². The highest BCUT2D eigenvalue weighted by atomic mass is 79.9. The minimum absolute atomic E-state index is 0.0708. The molecular formula is C18H20BrFN2O3S. The fourth-order valence-electron chi connectivity index (χ4n) is 2.36. The Labute approximate surface area is 161 Å². The highest BCUT2D eigenvalue weighted by Gasteiger charge is 2.26. The summed E-state index contributed by atoms with van der Waals surface area (Å²) < 4.78 is 41.1. The molecule has 0 saturated carbocycles. The summed E-state index contributed by atoms with van der Waals surface area (Å²) in [6, 6.07) is 12.4. The predicted octanol–water partition coefficient (Wildman–Crippen LogP) is 3.26. The third-order valence-electron chi connectivity index (χ3n) is 3.91. The Hall–Kier alpha value is -1.77. The Kier molecular flexibility index (Phi) is 6.91. The zero-order chi connectivity index (χ0) is 19.3. The van der Waals surface area contributed by atoms with E-state index in [-0.39, 0.29) is 24.5 Å². The number of sulfonamides is 1. The third kappa shape index (κ3) is 4.90. The smallest absolute Gasteiger partial charge is 0.243 e. The molecule has 0 aliphatic heterocycles. The molecule has 26 heavy (non-hydrogen) atoms. The molecule has 0 fully saturated rings. The summed E-state index contributed by atoms with van der Waals surface area (Å²) in [4.78, 5) is 13.9. The molecule has 0 atom stereocenters. The molecule has 0 unspecified atom stereocenters. The van der Waals surface area contributed by atoms with E-state index in [4.69, 9.17) is 0 Å². The van der Waals surface area contributed by atoms with Gasteiger partial charge in [-0.3, -0.25) is 4.79 Å². The second-order valence-corrected chi connectivity index (χ2v) is 8.58. The van der Waals surface area contributed by atoms with Crippen LogP contribution in [0.3, 0.4) is 0 Å². The van der Waals surface area contributed by atoms with E-state index in [0.29, 0.717) is 5.56 Å². The van der Waals surface area contributed by atoms with E-state index in [2.05, 4.69) is 15.9 Å². The first-order valence-electron chi connectivity index (χ1n) is 7.98. The van der Waals surface area contributed by atoms with E-state index >= 15 is 0 Å². The molecule has 8 heteroatoms. The molecule has 0 aliphatic rings. The van der Waals surface area contributed by atoms with Gasteiger partial charge in [0.2, 0.25) is 15.9 Å². The molecule has 0 radical (unpaired) electrons. The first-order valence-corrected chi connectivity index (χ1v) is 10.2. The number of halogens is 2. The van der Waals surface area contributed by atoms with Crippen LogP contribution in [0.5, 0.6) is 0 Å². The van der Waals surface area contributed by atoms with Gasteiger partial charge in [-0.25, -0.2) is 12.8 Å². The van der Waals surface area contributed by atoms with Gasteiger partial charge in [-0.05, 0) is 30.3 Å². The summed E-state index contributed by atoms with van der Waals surface area (Å²) in [5.41, 5.74) is 0.377. The summed E-state index contributed by atoms with van der Waals surface area (Å²) in [7, 11) is -2.26. The van der Waals surface area contributed by atoms with Crippen LogP contribution < -0.4 is 0 Å². The summed E-state index contributed by atoms with van der Waals surface area (Å²) in [5, 5.41) is 0. The summed E-state index contributed by atoms with van der Waals surface area (Å²) in [6.45, 7) is 1.58. The van der Waals surface area contributed by atoms with E-state index in [0.717, 1.165) is 8.78 Å². The minimum Gasteiger partial charge on any atom is -0.340 e. The van der Waals surface area contributed by atoms with Crippen molar-refractivity contribution in [1.82, 2.24) is 9.21 Å². The highest BCUT2D eigenvalue weighted by molar-refractivity contribution is 9.10. The normalized spacial score (nSPS) is 11.6. The number of nitrogens with zero attached hydrogens (tertiary/aromatic N) is 2. The largest absolute Gasteiger partial charge is 0.340 e. The molecule has 140 valence electrons. The van der Waals surface area contributed by atoms with Gasteiger partial charge in [-0.1, -0.05) is 41.1 Å². The SMILES string of the molecule is CCN(CC(=O)N(C)Cc1ccccc1F)S(=O)(=O)c1ccc(Br)cc1. The molecule has 0 bridgehead atoms. The van der Waals surface area contributed by atoms with Crippen molar-refractivity contribution < 1.29 is 17.6 Å². The van der Waals surface area contributed by atoms with Crippen molar-refractivity contribution in [3.05, 3.63) is 64.4 Å². The van der Waals surface area contributed by atoms with Gasteiger partial charge in [0.25, 0.3) is 0 Å². The topological polar surface area (TPSA) is 57.7 Å². The van der Waals surface area contributed by atoms with Crippen LogP contribution in [0.2, 0.25) is 0 Å². The molecule has 0 aromatic heterocycles. The lowest BCUT2D eigenvalue weighted by Gasteiger charge is -2.24. The molecule has 2 rings (SSSR count). The van der Waals surface area contributed by atoms with Crippen molar-refractivity contribution in [2.24, 2.45) is 0 Å². The van der Waals surface area contributed by atoms with Crippen molar-refractivity contribution in [3.63, 3.8) is 0 Å². The molecule has 2 aromatic carbocycles. The molecular weight excluding hydrogens is 423 g/mol. The Morgan fingerprint density at radius 3 is 2.31 bits per heavy atom. The Morgan fingerprint density at radius 1 is 1.12 bits per heavy atom. The predicted molar refractivity (Wildman–Crippen MR) is 101 cm³/mol. The lowest BCUT2D eigenvalue weighted by Crippen LogP contribution is -2.41. The number of carbonyl (C=O) groups excluding carboxylic acids is 1. The van der Waals surface area contributed by atoms with Gasteiger partial charge >= 0.3 is 0 Å². The summed E-state index contributed by atoms with van der Waals surface area (Å²) >= 11 is 3.26. The van der Waals surface area contributed by atoms with Crippen molar-refractivity contribution in [2.75, 3.05) is 20.1 Å². The lowest BCUT2D eigenvalue weighted by atomic mass is 10.2. The maximum atomic E-state index is 13.7. The summed E-state index contributed by atoms with van der Waals surface area (Å²) in [5.74, 6) is -0.808. The number of benzene rings is 2. The number of likely N-dealkylation sites (N-methyl/N-ethyl adjacent to an activating group) is 2. The summed E-state index contributed by atoms with van der Waals surface area (Å²) in [6.07, 6.45) is 0. The fourth-order valence-corrected chi connectivity index (χ4v) is 4.03. The van der Waals surface area contributed by atoms with Crippen LogP contribution in [0, 0.1) is 5.82 Å². The van der Waals surface area contributed by atoms with E-state index in [1.165, 1.54) is 30.1 Å². The van der Waals surface area contributed by atoms with Crippen LogP contribution >= 0.6 is 15.9 Å². The lowest BCUT2D eigenvalue weighted by molar-refractivity contribution is -0.130. The number of hydrogen-bond donors (Lipinski definition) is 0. The number of rotatable bonds is 7. The van der Waals surface area contributed by atoms with Crippen molar-refractivity contribution in [2.45, 2.75) is 18.4 Å². The van der Waals surface area contributed by atoms with Gasteiger partial charge in [0.1, 0.15) is 5.82 Å². The van der Waals surface area contributed by atoms with E-state index in [9.17, 15) is 17.6 Å². The second kappa shape index (κ2) is 8.75. The van der Waals surface area contributed by atoms with Gasteiger partial charge in [0.15, 0.2) is 0 Å². The van der Waals surface area contributed by atoms with Gasteiger partial charge in [-0.2, -0.15) is 4.31 Å². The van der Waals surface area contributed by atoms with Crippen LogP contribution in [0.1, 0.15) is 12.5 Å². The highest BCUT2D eigenvalue weighted by Crippen LogP contribution is 2.19. The van der Waals surface area contributed by atoms with Crippen LogP contribution in [0.15, 0.2) is 57.9 Å². The van der Waals surface area contributed by atoms with Crippen LogP contribution in [-0.4, -0.2) is 43.7 Å². The molecule has 1 amide bonds. The Balaban J connectivity index is 2.12. The van der Waals surface area contributed by atoms with Gasteiger partial charge in [0.05, 0.1) is 11.4 Å². The Bertz CT molecular complexity index is 872. The second-order valence-electron chi connectivity index (χ2n) is 5.73. The number of carbonyl (C=O) groups is 1. The maximum Gasteiger partial charge on any atom is 0.243 e. The van der Waals surface area contributed by atoms with Crippen molar-refractivity contribution in [3.8, 4) is 0 Å². The first kappa shape index (κ1) is 20.5. The van der Waals surface area contributed by atoms with Crippen LogP contribution in [0.4, 0.5) is 4.39 Å². The maximum absolute atomic E-state index is 13.7.